The van der Waals surface area contributed by atoms with Crippen molar-refractivity contribution in [3.8, 4) is 11.1 Å². The first-order valence-electron chi connectivity index (χ1n) is 12.3. The molecular weight excluding hydrogens is 446 g/mol. The van der Waals surface area contributed by atoms with Gasteiger partial charge in [0.05, 0.1) is 0 Å². The van der Waals surface area contributed by atoms with E-state index in [1.54, 1.807) is 0 Å². The molecular formula is C33H30ClN. The monoisotopic (exact) mass is 475 g/mol. The zero-order chi connectivity index (χ0) is 24.0. The van der Waals surface area contributed by atoms with Gasteiger partial charge in [-0.25, -0.2) is 0 Å². The number of hydrogen-bond acceptors (Lipinski definition) is 1. The van der Waals surface area contributed by atoms with Crippen LogP contribution >= 0.6 is 11.6 Å². The van der Waals surface area contributed by atoms with Gasteiger partial charge in [0.25, 0.3) is 0 Å². The van der Waals surface area contributed by atoms with E-state index in [9.17, 15) is 0 Å². The highest BCUT2D eigenvalue weighted by Gasteiger charge is 2.20. The fourth-order valence-electron chi connectivity index (χ4n) is 4.83. The molecule has 0 heterocycles. The molecule has 0 spiro atoms. The quantitative estimate of drug-likeness (QED) is 0.236. The molecule has 2 heteroatoms. The minimum atomic E-state index is 0.281. The first-order valence-corrected chi connectivity index (χ1v) is 12.6. The summed E-state index contributed by atoms with van der Waals surface area (Å²) in [5, 5.41) is 7.15. The van der Waals surface area contributed by atoms with Crippen molar-refractivity contribution in [1.29, 1.82) is 0 Å². The average Bonchev–Trinajstić information content (AvgIpc) is 2.91. The van der Waals surface area contributed by atoms with Crippen LogP contribution in [0.1, 0.15) is 29.5 Å². The Hall–Kier alpha value is -3.39. The summed E-state index contributed by atoms with van der Waals surface area (Å²) in [4.78, 5) is 0. The van der Waals surface area contributed by atoms with E-state index >= 15 is 0 Å². The van der Waals surface area contributed by atoms with Gasteiger partial charge in [0.1, 0.15) is 0 Å². The lowest BCUT2D eigenvalue weighted by Crippen LogP contribution is -2.33. The van der Waals surface area contributed by atoms with Crippen molar-refractivity contribution >= 4 is 22.4 Å². The first-order chi connectivity index (χ1) is 17.2. The number of nitrogens with one attached hydrogen (secondary N) is 1. The molecule has 0 aliphatic carbocycles. The SMILES string of the molecule is CC(NCc1ccc2ccccc2c1)C(Cc1cccc(-c2ccccc2)c1)c1ccc(Cl)cc1. The van der Waals surface area contributed by atoms with Crippen LogP contribution in [0.15, 0.2) is 121 Å². The molecule has 1 N–H and O–H groups in total. The maximum Gasteiger partial charge on any atom is 0.0406 e. The highest BCUT2D eigenvalue weighted by molar-refractivity contribution is 6.30. The van der Waals surface area contributed by atoms with Crippen molar-refractivity contribution in [2.24, 2.45) is 0 Å². The lowest BCUT2D eigenvalue weighted by molar-refractivity contribution is 0.455. The van der Waals surface area contributed by atoms with Gasteiger partial charge in [-0.05, 0) is 70.1 Å². The maximum absolute atomic E-state index is 6.22. The lowest BCUT2D eigenvalue weighted by Gasteiger charge is -2.26. The second-order valence-corrected chi connectivity index (χ2v) is 9.72. The van der Waals surface area contributed by atoms with Crippen molar-refractivity contribution < 1.29 is 0 Å². The van der Waals surface area contributed by atoms with Crippen LogP contribution in [-0.4, -0.2) is 6.04 Å². The number of hydrogen-bond donors (Lipinski definition) is 1. The summed E-state index contributed by atoms with van der Waals surface area (Å²) < 4.78 is 0. The van der Waals surface area contributed by atoms with Crippen LogP contribution in [0.5, 0.6) is 0 Å². The van der Waals surface area contributed by atoms with Crippen LogP contribution in [0.3, 0.4) is 0 Å². The molecule has 0 aromatic heterocycles. The molecule has 5 rings (SSSR count). The molecule has 0 radical (unpaired) electrons. The molecule has 0 bridgehead atoms. The fraction of sp³-hybridized carbons (Fsp3) is 0.152. The Morgan fingerprint density at radius 1 is 0.629 bits per heavy atom. The Labute approximate surface area is 213 Å². The number of benzene rings is 5. The van der Waals surface area contributed by atoms with Crippen molar-refractivity contribution in [3.05, 3.63) is 143 Å². The molecule has 2 unspecified atom stereocenters. The van der Waals surface area contributed by atoms with Gasteiger partial charge in [-0.15, -0.1) is 0 Å². The van der Waals surface area contributed by atoms with Gasteiger partial charge in [0.2, 0.25) is 0 Å². The predicted octanol–water partition coefficient (Wildman–Crippen LogP) is 8.66. The maximum atomic E-state index is 6.22. The van der Waals surface area contributed by atoms with Crippen molar-refractivity contribution in [2.75, 3.05) is 0 Å². The first kappa shape index (κ1) is 23.4. The normalized spacial score (nSPS) is 13.0. The number of rotatable bonds is 8. The number of halogens is 1. The van der Waals surface area contributed by atoms with E-state index in [0.717, 1.165) is 18.0 Å². The van der Waals surface area contributed by atoms with Crippen LogP contribution in [0.2, 0.25) is 5.02 Å². The van der Waals surface area contributed by atoms with Gasteiger partial charge in [-0.1, -0.05) is 115 Å². The van der Waals surface area contributed by atoms with Gasteiger partial charge < -0.3 is 5.32 Å². The van der Waals surface area contributed by atoms with Crippen molar-refractivity contribution in [1.82, 2.24) is 5.32 Å². The standard InChI is InChI=1S/C33H30ClN/c1-24(35-23-26-14-15-28-11-5-6-12-30(28)21-26)33(29-16-18-32(34)19-17-29)22-25-8-7-13-31(20-25)27-9-3-2-4-10-27/h2-21,24,33,35H,22-23H2,1H3. The molecule has 0 saturated carbocycles. The van der Waals surface area contributed by atoms with Gasteiger partial charge in [0, 0.05) is 23.5 Å². The van der Waals surface area contributed by atoms with Crippen molar-refractivity contribution in [3.63, 3.8) is 0 Å². The second kappa shape index (κ2) is 10.9. The van der Waals surface area contributed by atoms with Crippen LogP contribution in [0, 0.1) is 0 Å². The Balaban J connectivity index is 1.37. The Morgan fingerprint density at radius 3 is 2.14 bits per heavy atom. The van der Waals surface area contributed by atoms with Crippen LogP contribution in [0.25, 0.3) is 21.9 Å². The second-order valence-electron chi connectivity index (χ2n) is 9.28. The minimum Gasteiger partial charge on any atom is -0.310 e. The summed E-state index contributed by atoms with van der Waals surface area (Å²) >= 11 is 6.22. The summed E-state index contributed by atoms with van der Waals surface area (Å²) in [5.41, 5.74) is 6.45. The lowest BCUT2D eigenvalue weighted by atomic mass is 9.85. The fourth-order valence-corrected chi connectivity index (χ4v) is 4.95. The summed E-state index contributed by atoms with van der Waals surface area (Å²) in [6.45, 7) is 3.13. The molecule has 35 heavy (non-hydrogen) atoms. The highest BCUT2D eigenvalue weighted by atomic mass is 35.5. The Kier molecular flexibility index (Phi) is 7.28. The molecule has 2 atom stereocenters. The topological polar surface area (TPSA) is 12.0 Å². The van der Waals surface area contributed by atoms with Gasteiger partial charge >= 0.3 is 0 Å². The zero-order valence-corrected chi connectivity index (χ0v) is 20.7. The van der Waals surface area contributed by atoms with E-state index in [4.69, 9.17) is 11.6 Å². The van der Waals surface area contributed by atoms with Crippen LogP contribution in [-0.2, 0) is 13.0 Å². The number of fused-ring (bicyclic) bond motifs is 1. The van der Waals surface area contributed by atoms with E-state index in [0.29, 0.717) is 5.92 Å². The molecule has 5 aromatic rings. The molecule has 0 saturated heterocycles. The Bertz CT molecular complexity index is 1390. The van der Waals surface area contributed by atoms with Crippen molar-refractivity contribution in [2.45, 2.75) is 31.8 Å². The largest absolute Gasteiger partial charge is 0.310 e. The predicted molar refractivity (Wildman–Crippen MR) is 150 cm³/mol. The average molecular weight is 476 g/mol. The van der Waals surface area contributed by atoms with Crippen LogP contribution in [0.4, 0.5) is 0 Å². The smallest absolute Gasteiger partial charge is 0.0406 e. The summed E-state index contributed by atoms with van der Waals surface area (Å²) in [7, 11) is 0. The molecule has 174 valence electrons. The van der Waals surface area contributed by atoms with E-state index in [1.807, 2.05) is 12.1 Å². The summed E-state index contributed by atoms with van der Waals surface area (Å²) in [6, 6.07) is 43.4. The molecule has 0 fully saturated rings. The van der Waals surface area contributed by atoms with Gasteiger partial charge in [0.15, 0.2) is 0 Å². The highest BCUT2D eigenvalue weighted by Crippen LogP contribution is 2.29. The molecule has 0 amide bonds. The van der Waals surface area contributed by atoms with Gasteiger partial charge in [-0.2, -0.15) is 0 Å². The van der Waals surface area contributed by atoms with E-state index in [2.05, 4.69) is 121 Å². The third-order valence-electron chi connectivity index (χ3n) is 6.83. The van der Waals surface area contributed by atoms with E-state index in [-0.39, 0.29) is 6.04 Å². The van der Waals surface area contributed by atoms with E-state index in [1.165, 1.54) is 38.6 Å². The molecule has 1 nitrogen and oxygen atoms in total. The van der Waals surface area contributed by atoms with Crippen LogP contribution < -0.4 is 5.32 Å². The third-order valence-corrected chi connectivity index (χ3v) is 7.09. The molecule has 5 aromatic carbocycles. The molecule has 0 aliphatic heterocycles. The van der Waals surface area contributed by atoms with Gasteiger partial charge in [-0.3, -0.25) is 0 Å². The minimum absolute atomic E-state index is 0.281. The van der Waals surface area contributed by atoms with E-state index < -0.39 is 0 Å². The molecule has 0 aliphatic rings. The zero-order valence-electron chi connectivity index (χ0n) is 20.0. The Morgan fingerprint density at radius 2 is 1.34 bits per heavy atom. The third kappa shape index (κ3) is 5.82. The summed E-state index contributed by atoms with van der Waals surface area (Å²) in [5.74, 6) is 0.318. The summed E-state index contributed by atoms with van der Waals surface area (Å²) in [6.07, 6.45) is 0.953.